The number of piperidine rings is 1. The summed E-state index contributed by atoms with van der Waals surface area (Å²) in [5, 5.41) is 4.16. The maximum atomic E-state index is 13.6. The largest absolute Gasteiger partial charge is 0.493 e. The third-order valence-corrected chi connectivity index (χ3v) is 10.6. The lowest BCUT2D eigenvalue weighted by Crippen LogP contribution is -2.47. The van der Waals surface area contributed by atoms with Crippen molar-refractivity contribution in [1.82, 2.24) is 15.2 Å². The summed E-state index contributed by atoms with van der Waals surface area (Å²) in [5.41, 5.74) is 0.973. The molecule has 4 aromatic rings. The second-order valence-corrected chi connectivity index (χ2v) is 14.2. The lowest BCUT2D eigenvalue weighted by Gasteiger charge is -2.32. The highest BCUT2D eigenvalue weighted by molar-refractivity contribution is 7.13. The van der Waals surface area contributed by atoms with Crippen molar-refractivity contribution in [3.63, 3.8) is 0 Å². The Bertz CT molecular complexity index is 1710. The van der Waals surface area contributed by atoms with Crippen molar-refractivity contribution in [2.45, 2.75) is 44.4 Å². The minimum Gasteiger partial charge on any atom is -0.493 e. The van der Waals surface area contributed by atoms with Gasteiger partial charge in [-0.25, -0.2) is 9.59 Å². The summed E-state index contributed by atoms with van der Waals surface area (Å²) in [4.78, 5) is 34.8. The average Bonchev–Trinajstić information content (AvgIpc) is 3.61. The molecule has 1 fully saturated rings. The number of hydrogen-bond acceptors (Lipinski definition) is 10. The van der Waals surface area contributed by atoms with Crippen LogP contribution in [0.4, 0.5) is 0 Å². The molecule has 0 amide bonds. The van der Waals surface area contributed by atoms with Crippen LogP contribution in [0.3, 0.4) is 0 Å². The Morgan fingerprint density at radius 1 is 1.00 bits per heavy atom. The molecule has 2 aromatic carbocycles. The van der Waals surface area contributed by atoms with Crippen molar-refractivity contribution in [1.29, 1.82) is 0 Å². The Balaban J connectivity index is 1.31. The van der Waals surface area contributed by atoms with Crippen LogP contribution in [0.1, 0.15) is 57.1 Å². The number of nitrogens with zero attached hydrogens (tertiary/aromatic N) is 2. The molecule has 0 aliphatic carbocycles. The maximum Gasteiger partial charge on any atom is 0.348 e. The molecule has 1 saturated heterocycles. The summed E-state index contributed by atoms with van der Waals surface area (Å²) in [6, 6.07) is 18.4. The molecular formula is C37H41Cl2N3O6S. The number of carbonyl (C=O) groups is 2. The van der Waals surface area contributed by atoms with Gasteiger partial charge in [0.15, 0.2) is 11.5 Å². The Hall–Kier alpha value is -3.67. The molecule has 1 unspecified atom stereocenters. The smallest absolute Gasteiger partial charge is 0.348 e. The molecule has 0 spiro atoms. The molecule has 0 bridgehead atoms. The van der Waals surface area contributed by atoms with Crippen molar-refractivity contribution in [2.75, 3.05) is 41.0 Å². The van der Waals surface area contributed by atoms with E-state index in [0.29, 0.717) is 56.6 Å². The van der Waals surface area contributed by atoms with E-state index in [4.69, 9.17) is 42.1 Å². The first-order valence-corrected chi connectivity index (χ1v) is 17.6. The van der Waals surface area contributed by atoms with Crippen LogP contribution in [0, 0.1) is 5.92 Å². The second-order valence-electron chi connectivity index (χ2n) is 12.2. The lowest BCUT2D eigenvalue weighted by molar-refractivity contribution is -0.153. The third-order valence-electron chi connectivity index (χ3n) is 8.90. The average molecular weight is 727 g/mol. The third kappa shape index (κ3) is 9.12. The highest BCUT2D eigenvalue weighted by Gasteiger charge is 2.37. The summed E-state index contributed by atoms with van der Waals surface area (Å²) < 4.78 is 22.9. The highest BCUT2D eigenvalue weighted by atomic mass is 35.5. The highest BCUT2D eigenvalue weighted by Crippen LogP contribution is 2.36. The van der Waals surface area contributed by atoms with E-state index in [1.807, 2.05) is 49.4 Å². The van der Waals surface area contributed by atoms with Crippen LogP contribution in [-0.2, 0) is 32.8 Å². The normalized spacial score (nSPS) is 15.6. The molecule has 9 nitrogen and oxygen atoms in total. The first-order valence-electron chi connectivity index (χ1n) is 16.1. The minimum atomic E-state index is -1.10. The standard InChI is InChI=1S/C37H41Cl2N3O6S/c1-37(26-8-6-5-7-9-26,36(44)47-23-24-14-16-42(2)17-15-24)41-20-27-11-13-34(49-27)35(43)48-32(19-28-29(38)21-40-22-30(28)39)25-10-12-31(45-3)33(18-25)46-4/h5-13,18,21-22,24,32,41H,14-17,19-20,23H2,1-4H3/t32-,37?/m0/s1. The molecule has 5 rings (SSSR count). The van der Waals surface area contributed by atoms with Gasteiger partial charge in [0.05, 0.1) is 30.9 Å². The van der Waals surface area contributed by atoms with E-state index in [0.717, 1.165) is 36.4 Å². The number of likely N-dealkylation sites (tertiary alicyclic amines) is 1. The van der Waals surface area contributed by atoms with Gasteiger partial charge in [0.25, 0.3) is 0 Å². The van der Waals surface area contributed by atoms with Gasteiger partial charge in [-0.15, -0.1) is 11.3 Å². The van der Waals surface area contributed by atoms with Crippen LogP contribution in [0.5, 0.6) is 11.5 Å². The summed E-state index contributed by atoms with van der Waals surface area (Å²) in [5.74, 6) is 0.531. The van der Waals surface area contributed by atoms with E-state index in [-0.39, 0.29) is 12.4 Å². The molecule has 0 radical (unpaired) electrons. The zero-order valence-electron chi connectivity index (χ0n) is 28.0. The zero-order valence-corrected chi connectivity index (χ0v) is 30.4. The van der Waals surface area contributed by atoms with Gasteiger partial charge in [-0.3, -0.25) is 10.3 Å². The van der Waals surface area contributed by atoms with Crippen molar-refractivity contribution in [3.05, 3.63) is 110 Å². The Morgan fingerprint density at radius 3 is 2.37 bits per heavy atom. The van der Waals surface area contributed by atoms with Crippen molar-refractivity contribution in [3.8, 4) is 11.5 Å². The van der Waals surface area contributed by atoms with Gasteiger partial charge >= 0.3 is 11.9 Å². The topological polar surface area (TPSA) is 99.2 Å². The Morgan fingerprint density at radius 2 is 1.69 bits per heavy atom. The number of carbonyl (C=O) groups excluding carboxylic acids is 2. The zero-order chi connectivity index (χ0) is 35.0. The summed E-state index contributed by atoms with van der Waals surface area (Å²) in [6.45, 7) is 4.56. The van der Waals surface area contributed by atoms with Crippen molar-refractivity contribution < 1.29 is 28.5 Å². The number of aromatic nitrogens is 1. The molecule has 2 atom stereocenters. The number of rotatable bonds is 14. The molecule has 260 valence electrons. The number of thiophene rings is 1. The van der Waals surface area contributed by atoms with Crippen LogP contribution < -0.4 is 14.8 Å². The molecule has 0 saturated carbocycles. The van der Waals surface area contributed by atoms with Gasteiger partial charge in [-0.2, -0.15) is 0 Å². The fourth-order valence-corrected chi connectivity index (χ4v) is 7.11. The number of benzene rings is 2. The number of nitrogens with one attached hydrogen (secondary N) is 1. The molecule has 2 aromatic heterocycles. The van der Waals surface area contributed by atoms with Crippen LogP contribution in [0.2, 0.25) is 10.0 Å². The molecule has 1 aliphatic rings. The molecule has 49 heavy (non-hydrogen) atoms. The van der Waals surface area contributed by atoms with Crippen LogP contribution in [-0.4, -0.2) is 62.8 Å². The van der Waals surface area contributed by atoms with Gasteiger partial charge in [-0.1, -0.05) is 59.6 Å². The number of hydrogen-bond donors (Lipinski definition) is 1. The van der Waals surface area contributed by atoms with E-state index in [9.17, 15) is 9.59 Å². The van der Waals surface area contributed by atoms with Crippen LogP contribution in [0.25, 0.3) is 0 Å². The SMILES string of the molecule is COc1ccc([C@H](Cc2c(Cl)cncc2Cl)OC(=O)c2ccc(CNC(C)(C(=O)OCC3CCN(C)CC3)c3ccccc3)s2)cc1OC. The van der Waals surface area contributed by atoms with Crippen LogP contribution >= 0.6 is 34.5 Å². The van der Waals surface area contributed by atoms with Gasteiger partial charge < -0.3 is 23.8 Å². The first-order chi connectivity index (χ1) is 23.6. The van der Waals surface area contributed by atoms with E-state index in [1.54, 1.807) is 32.4 Å². The number of halogens is 2. The fourth-order valence-electron chi connectivity index (χ4n) is 5.76. The van der Waals surface area contributed by atoms with E-state index in [2.05, 4.69) is 22.2 Å². The quantitative estimate of drug-likeness (QED) is 0.133. The van der Waals surface area contributed by atoms with E-state index >= 15 is 0 Å². The predicted molar refractivity (Wildman–Crippen MR) is 192 cm³/mol. The molecule has 3 heterocycles. The predicted octanol–water partition coefficient (Wildman–Crippen LogP) is 7.50. The fraction of sp³-hybridized carbons (Fsp3) is 0.378. The second kappa shape index (κ2) is 16.8. The van der Waals surface area contributed by atoms with E-state index < -0.39 is 17.6 Å². The summed E-state index contributed by atoms with van der Waals surface area (Å²) >= 11 is 14.2. The monoisotopic (exact) mass is 725 g/mol. The first kappa shape index (κ1) is 36.6. The van der Waals surface area contributed by atoms with Gasteiger partial charge in [0.1, 0.15) is 16.5 Å². The Kier molecular flexibility index (Phi) is 12.6. The molecule has 12 heteroatoms. The van der Waals surface area contributed by atoms with Gasteiger partial charge in [-0.05, 0) is 86.8 Å². The maximum absolute atomic E-state index is 13.6. The molecular weight excluding hydrogens is 685 g/mol. The number of ether oxygens (including phenoxy) is 4. The van der Waals surface area contributed by atoms with Crippen molar-refractivity contribution in [2.24, 2.45) is 5.92 Å². The van der Waals surface area contributed by atoms with E-state index in [1.165, 1.54) is 23.7 Å². The molecule has 1 N–H and O–H groups in total. The van der Waals surface area contributed by atoms with Crippen molar-refractivity contribution >= 4 is 46.5 Å². The minimum absolute atomic E-state index is 0.205. The lowest BCUT2D eigenvalue weighted by atomic mass is 9.91. The summed E-state index contributed by atoms with van der Waals surface area (Å²) in [6.07, 6.45) is 4.46. The van der Waals surface area contributed by atoms with Crippen LogP contribution in [0.15, 0.2) is 73.1 Å². The summed E-state index contributed by atoms with van der Waals surface area (Å²) in [7, 11) is 5.20. The van der Waals surface area contributed by atoms with Gasteiger partial charge in [0.2, 0.25) is 0 Å². The number of methoxy groups -OCH3 is 2. The number of esters is 2. The number of pyridine rings is 1. The molecule has 1 aliphatic heterocycles. The van der Waals surface area contributed by atoms with Gasteiger partial charge in [0, 0.05) is 30.2 Å². The Labute approximate surface area is 301 Å².